The number of morpholine rings is 1. The van der Waals surface area contributed by atoms with Gasteiger partial charge in [-0.3, -0.25) is 14.5 Å². The molecule has 2 aromatic carbocycles. The fraction of sp³-hybridized carbons (Fsp3) is 0.333. The lowest BCUT2D eigenvalue weighted by Gasteiger charge is -2.31. The van der Waals surface area contributed by atoms with Gasteiger partial charge in [0, 0.05) is 31.6 Å². The molecule has 3 aromatic rings. The zero-order valence-corrected chi connectivity index (χ0v) is 19.6. The largest absolute Gasteiger partial charge is 0.503 e. The Balaban J connectivity index is 1.49. The predicted octanol–water partition coefficient (Wildman–Crippen LogP) is 3.74. The summed E-state index contributed by atoms with van der Waals surface area (Å²) in [4.78, 5) is 30.6. The van der Waals surface area contributed by atoms with E-state index in [2.05, 4.69) is 4.90 Å². The zero-order chi connectivity index (χ0) is 24.4. The van der Waals surface area contributed by atoms with E-state index in [0.29, 0.717) is 49.8 Å². The van der Waals surface area contributed by atoms with Crippen LogP contribution in [0.1, 0.15) is 29.1 Å². The quantitative estimate of drug-likeness (QED) is 0.495. The Morgan fingerprint density at radius 1 is 1.09 bits per heavy atom. The fourth-order valence-electron chi connectivity index (χ4n) is 4.68. The van der Waals surface area contributed by atoms with Crippen molar-refractivity contribution in [1.82, 2.24) is 9.80 Å². The van der Waals surface area contributed by atoms with E-state index in [1.165, 1.54) is 0 Å². The molecule has 0 aliphatic carbocycles. The Hall–Kier alpha value is -3.62. The normalized spacial score (nSPS) is 19.1. The molecule has 1 amide bonds. The number of para-hydroxylation sites is 1. The minimum Gasteiger partial charge on any atom is -0.503 e. The van der Waals surface area contributed by atoms with Gasteiger partial charge < -0.3 is 23.9 Å². The molecule has 5 rings (SSSR count). The van der Waals surface area contributed by atoms with Crippen molar-refractivity contribution in [2.45, 2.75) is 13.0 Å². The van der Waals surface area contributed by atoms with E-state index in [9.17, 15) is 14.7 Å². The van der Waals surface area contributed by atoms with Gasteiger partial charge >= 0.3 is 0 Å². The number of ketones is 1. The van der Waals surface area contributed by atoms with Crippen LogP contribution in [0.25, 0.3) is 11.0 Å². The van der Waals surface area contributed by atoms with Gasteiger partial charge in [0.25, 0.3) is 5.91 Å². The molecule has 182 valence electrons. The monoisotopic (exact) mass is 476 g/mol. The fourth-order valence-corrected chi connectivity index (χ4v) is 4.68. The molecule has 0 bridgehead atoms. The summed E-state index contributed by atoms with van der Waals surface area (Å²) in [6, 6.07) is 15.5. The second-order valence-electron chi connectivity index (χ2n) is 8.60. The smallest absolute Gasteiger partial charge is 0.290 e. The van der Waals surface area contributed by atoms with E-state index in [0.717, 1.165) is 18.5 Å². The molecule has 3 heterocycles. The van der Waals surface area contributed by atoms with Crippen LogP contribution in [0.5, 0.6) is 5.75 Å². The number of aliphatic hydroxyl groups excluding tert-OH is 1. The van der Waals surface area contributed by atoms with E-state index in [1.54, 1.807) is 17.0 Å². The van der Waals surface area contributed by atoms with Crippen molar-refractivity contribution >= 4 is 22.7 Å². The molecule has 1 saturated heterocycles. The molecule has 0 radical (unpaired) electrons. The molecule has 0 unspecified atom stereocenters. The van der Waals surface area contributed by atoms with Gasteiger partial charge in [-0.1, -0.05) is 30.3 Å². The number of aliphatic hydroxyl groups is 1. The minimum atomic E-state index is -0.736. The number of carbonyl (C=O) groups excluding carboxylic acids is 2. The van der Waals surface area contributed by atoms with Crippen LogP contribution < -0.4 is 4.74 Å². The van der Waals surface area contributed by atoms with Gasteiger partial charge in [0.2, 0.25) is 5.78 Å². The maximum atomic E-state index is 13.6. The third kappa shape index (κ3) is 4.54. The summed E-state index contributed by atoms with van der Waals surface area (Å²) < 4.78 is 16.8. The second-order valence-corrected chi connectivity index (χ2v) is 8.60. The van der Waals surface area contributed by atoms with Crippen LogP contribution in [0.3, 0.4) is 0 Å². The van der Waals surface area contributed by atoms with Crippen LogP contribution in [0.2, 0.25) is 0 Å². The molecule has 8 heteroatoms. The highest BCUT2D eigenvalue weighted by molar-refractivity contribution is 6.16. The topological polar surface area (TPSA) is 92.5 Å². The molecule has 1 N–H and O–H groups in total. The number of amides is 1. The highest BCUT2D eigenvalue weighted by Gasteiger charge is 2.44. The van der Waals surface area contributed by atoms with Crippen LogP contribution >= 0.6 is 0 Å². The highest BCUT2D eigenvalue weighted by atomic mass is 16.5. The first-order valence-corrected chi connectivity index (χ1v) is 11.9. The van der Waals surface area contributed by atoms with Crippen molar-refractivity contribution in [3.05, 3.63) is 77.3 Å². The SMILES string of the molecule is CCOc1ccc([C@@H]2C(C(=O)c3cc4ccccc4o3)=C(O)C(=O)N2CCN2CCOCC2)cc1. The molecule has 1 atom stereocenters. The van der Waals surface area contributed by atoms with E-state index >= 15 is 0 Å². The third-order valence-corrected chi connectivity index (χ3v) is 6.47. The average Bonchev–Trinajstić information content (AvgIpc) is 3.43. The number of Topliss-reactive ketones (excluding diaryl/α,β-unsaturated/α-hetero) is 1. The zero-order valence-electron chi connectivity index (χ0n) is 19.6. The van der Waals surface area contributed by atoms with Gasteiger partial charge in [0.05, 0.1) is 31.4 Å². The molecule has 1 aromatic heterocycles. The van der Waals surface area contributed by atoms with Crippen molar-refractivity contribution in [3.8, 4) is 5.75 Å². The Kier molecular flexibility index (Phi) is 6.57. The molecule has 2 aliphatic rings. The van der Waals surface area contributed by atoms with Gasteiger partial charge in [0.1, 0.15) is 11.3 Å². The summed E-state index contributed by atoms with van der Waals surface area (Å²) in [5, 5.41) is 11.7. The average molecular weight is 477 g/mol. The number of rotatable bonds is 8. The molecule has 35 heavy (non-hydrogen) atoms. The van der Waals surface area contributed by atoms with Crippen LogP contribution in [-0.2, 0) is 9.53 Å². The molecule has 2 aliphatic heterocycles. The minimum absolute atomic E-state index is 0.0280. The van der Waals surface area contributed by atoms with Crippen LogP contribution in [0.4, 0.5) is 0 Å². The lowest BCUT2D eigenvalue weighted by Crippen LogP contribution is -2.43. The van der Waals surface area contributed by atoms with Gasteiger partial charge in [-0.2, -0.15) is 0 Å². The number of carbonyl (C=O) groups is 2. The maximum absolute atomic E-state index is 13.6. The van der Waals surface area contributed by atoms with Gasteiger partial charge in [-0.15, -0.1) is 0 Å². The molecule has 1 fully saturated rings. The highest BCUT2D eigenvalue weighted by Crippen LogP contribution is 2.40. The summed E-state index contributed by atoms with van der Waals surface area (Å²) in [6.45, 7) is 6.26. The molecule has 8 nitrogen and oxygen atoms in total. The Morgan fingerprint density at radius 3 is 2.54 bits per heavy atom. The number of hydrogen-bond donors (Lipinski definition) is 1. The maximum Gasteiger partial charge on any atom is 0.290 e. The van der Waals surface area contributed by atoms with Gasteiger partial charge in [0.15, 0.2) is 11.5 Å². The predicted molar refractivity (Wildman–Crippen MR) is 130 cm³/mol. The van der Waals surface area contributed by atoms with Crippen molar-refractivity contribution in [3.63, 3.8) is 0 Å². The van der Waals surface area contributed by atoms with Crippen molar-refractivity contribution in [2.75, 3.05) is 46.0 Å². The molecule has 0 saturated carbocycles. The summed E-state index contributed by atoms with van der Waals surface area (Å²) in [6.07, 6.45) is 0. The van der Waals surface area contributed by atoms with E-state index < -0.39 is 23.5 Å². The van der Waals surface area contributed by atoms with Crippen LogP contribution in [0, 0.1) is 0 Å². The van der Waals surface area contributed by atoms with Gasteiger partial charge in [-0.25, -0.2) is 0 Å². The summed E-state index contributed by atoms with van der Waals surface area (Å²) in [5.74, 6) is -0.807. The van der Waals surface area contributed by atoms with Gasteiger partial charge in [-0.05, 0) is 36.8 Å². The Bertz CT molecular complexity index is 1220. The lowest BCUT2D eigenvalue weighted by molar-refractivity contribution is -0.129. The van der Waals surface area contributed by atoms with Crippen LogP contribution in [-0.4, -0.2) is 72.6 Å². The summed E-state index contributed by atoms with van der Waals surface area (Å²) >= 11 is 0. The first-order chi connectivity index (χ1) is 17.1. The lowest BCUT2D eigenvalue weighted by atomic mass is 9.95. The van der Waals surface area contributed by atoms with E-state index in [1.807, 2.05) is 49.4 Å². The molecule has 0 spiro atoms. The van der Waals surface area contributed by atoms with E-state index in [-0.39, 0.29) is 11.3 Å². The summed E-state index contributed by atoms with van der Waals surface area (Å²) in [7, 11) is 0. The number of hydrogen-bond acceptors (Lipinski definition) is 7. The second kappa shape index (κ2) is 9.93. The van der Waals surface area contributed by atoms with Crippen molar-refractivity contribution in [1.29, 1.82) is 0 Å². The van der Waals surface area contributed by atoms with Crippen molar-refractivity contribution in [2.24, 2.45) is 0 Å². The number of fused-ring (bicyclic) bond motifs is 1. The van der Waals surface area contributed by atoms with E-state index in [4.69, 9.17) is 13.9 Å². The number of benzene rings is 2. The number of furan rings is 1. The number of ether oxygens (including phenoxy) is 2. The Labute approximate surface area is 203 Å². The molecular weight excluding hydrogens is 448 g/mol. The summed E-state index contributed by atoms with van der Waals surface area (Å²) in [5.41, 5.74) is 1.31. The first kappa shape index (κ1) is 23.1. The standard InChI is InChI=1S/C27H28N2O6/c1-2-34-20-9-7-18(8-10-20)24-23(25(30)22-17-19-5-3-4-6-21(19)35-22)26(31)27(32)29(24)12-11-28-13-15-33-16-14-28/h3-10,17,24,31H,2,11-16H2,1H3/t24-/m1/s1. The van der Waals surface area contributed by atoms with Crippen LogP contribution in [0.15, 0.2) is 70.3 Å². The number of nitrogens with zero attached hydrogens (tertiary/aromatic N) is 2. The van der Waals surface area contributed by atoms with Crippen molar-refractivity contribution < 1.29 is 28.6 Å². The molecular formula is C27H28N2O6. The Morgan fingerprint density at radius 2 is 1.83 bits per heavy atom. The first-order valence-electron chi connectivity index (χ1n) is 11.9. The third-order valence-electron chi connectivity index (χ3n) is 6.47.